The Morgan fingerprint density at radius 2 is 2.00 bits per heavy atom. The molecule has 1 unspecified atom stereocenters. The molecule has 19 heavy (non-hydrogen) atoms. The van der Waals surface area contributed by atoms with E-state index in [9.17, 15) is 5.11 Å². The Bertz CT molecular complexity index is 363. The Hall–Kier alpha value is -0.940. The topological polar surface area (TPSA) is 63.0 Å². The normalized spacial score (nSPS) is 14.6. The third kappa shape index (κ3) is 4.01. The van der Waals surface area contributed by atoms with Gasteiger partial charge in [0, 0.05) is 24.9 Å². The fraction of sp³-hybridized carbons (Fsp3) is 0.857. The number of hydrogen-bond donors (Lipinski definition) is 2. The van der Waals surface area contributed by atoms with Crippen LogP contribution in [0.3, 0.4) is 0 Å². The van der Waals surface area contributed by atoms with E-state index in [1.165, 1.54) is 0 Å². The van der Waals surface area contributed by atoms with Crippen LogP contribution in [0.15, 0.2) is 0 Å². The quantitative estimate of drug-likeness (QED) is 0.713. The minimum Gasteiger partial charge on any atom is -0.394 e. The first-order valence-corrected chi connectivity index (χ1v) is 7.37. The van der Waals surface area contributed by atoms with E-state index in [1.807, 2.05) is 11.7 Å². The zero-order valence-electron chi connectivity index (χ0n) is 12.7. The molecule has 2 N–H and O–H groups in total. The van der Waals surface area contributed by atoms with E-state index >= 15 is 0 Å². The molecule has 0 saturated carbocycles. The average molecular weight is 268 g/mol. The molecule has 1 aromatic heterocycles. The highest BCUT2D eigenvalue weighted by Crippen LogP contribution is 2.17. The van der Waals surface area contributed by atoms with Crippen LogP contribution in [0.25, 0.3) is 0 Å². The second-order valence-electron chi connectivity index (χ2n) is 5.02. The van der Waals surface area contributed by atoms with Crippen molar-refractivity contribution in [2.75, 3.05) is 13.7 Å². The second-order valence-corrected chi connectivity index (χ2v) is 5.02. The molecule has 0 aliphatic carbocycles. The standard InChI is InChI=1S/C14H28N4O/c1-5-12-16-13(6-2)18(17-12)10-8-9-14(7-3,11-19)15-4/h15,19H,5-11H2,1-4H3. The van der Waals surface area contributed by atoms with Gasteiger partial charge in [-0.05, 0) is 26.3 Å². The van der Waals surface area contributed by atoms with Crippen LogP contribution in [0, 0.1) is 0 Å². The average Bonchev–Trinajstić information content (AvgIpc) is 2.86. The predicted octanol–water partition coefficient (Wildman–Crippen LogP) is 1.54. The molecule has 0 fully saturated rings. The van der Waals surface area contributed by atoms with Crippen molar-refractivity contribution in [1.82, 2.24) is 20.1 Å². The molecule has 0 aliphatic rings. The highest BCUT2D eigenvalue weighted by Gasteiger charge is 2.24. The zero-order valence-corrected chi connectivity index (χ0v) is 12.7. The van der Waals surface area contributed by atoms with Crippen molar-refractivity contribution in [2.24, 2.45) is 0 Å². The summed E-state index contributed by atoms with van der Waals surface area (Å²) >= 11 is 0. The molecular formula is C14H28N4O. The summed E-state index contributed by atoms with van der Waals surface area (Å²) in [4.78, 5) is 4.51. The zero-order chi connectivity index (χ0) is 14.3. The summed E-state index contributed by atoms with van der Waals surface area (Å²) < 4.78 is 2.02. The maximum Gasteiger partial charge on any atom is 0.150 e. The van der Waals surface area contributed by atoms with Gasteiger partial charge in [0.15, 0.2) is 5.82 Å². The van der Waals surface area contributed by atoms with E-state index in [0.29, 0.717) is 0 Å². The minimum absolute atomic E-state index is 0.152. The van der Waals surface area contributed by atoms with E-state index in [2.05, 4.69) is 36.2 Å². The highest BCUT2D eigenvalue weighted by atomic mass is 16.3. The van der Waals surface area contributed by atoms with Gasteiger partial charge in [0.05, 0.1) is 6.61 Å². The lowest BCUT2D eigenvalue weighted by Gasteiger charge is -2.30. The van der Waals surface area contributed by atoms with Gasteiger partial charge in [0.25, 0.3) is 0 Å². The fourth-order valence-corrected chi connectivity index (χ4v) is 2.33. The fourth-order valence-electron chi connectivity index (χ4n) is 2.33. The van der Waals surface area contributed by atoms with Gasteiger partial charge in [0.1, 0.15) is 5.82 Å². The molecule has 5 heteroatoms. The van der Waals surface area contributed by atoms with Crippen LogP contribution in [-0.2, 0) is 19.4 Å². The number of aliphatic hydroxyl groups excluding tert-OH is 1. The van der Waals surface area contributed by atoms with Crippen LogP contribution < -0.4 is 5.32 Å². The van der Waals surface area contributed by atoms with Crippen molar-refractivity contribution in [3.8, 4) is 0 Å². The summed E-state index contributed by atoms with van der Waals surface area (Å²) in [5, 5.41) is 17.3. The molecular weight excluding hydrogens is 240 g/mol. The molecule has 0 radical (unpaired) electrons. The van der Waals surface area contributed by atoms with E-state index in [-0.39, 0.29) is 12.1 Å². The Balaban J connectivity index is 2.59. The summed E-state index contributed by atoms with van der Waals surface area (Å²) in [5.74, 6) is 1.99. The van der Waals surface area contributed by atoms with Gasteiger partial charge in [-0.1, -0.05) is 20.8 Å². The number of hydrogen-bond acceptors (Lipinski definition) is 4. The van der Waals surface area contributed by atoms with Gasteiger partial charge in [-0.3, -0.25) is 0 Å². The molecule has 1 atom stereocenters. The number of nitrogens with zero attached hydrogens (tertiary/aromatic N) is 3. The summed E-state index contributed by atoms with van der Waals surface area (Å²) in [5.41, 5.74) is -0.152. The first kappa shape index (κ1) is 16.1. The SMILES string of the molecule is CCc1nc(CC)n(CCCC(CC)(CO)NC)n1. The minimum atomic E-state index is -0.152. The molecule has 0 aromatic carbocycles. The lowest BCUT2D eigenvalue weighted by molar-refractivity contribution is 0.150. The van der Waals surface area contributed by atoms with Crippen molar-refractivity contribution in [2.45, 2.75) is 65.0 Å². The number of aryl methyl sites for hydroxylation is 3. The lowest BCUT2D eigenvalue weighted by Crippen LogP contribution is -2.46. The monoisotopic (exact) mass is 268 g/mol. The molecule has 0 amide bonds. The van der Waals surface area contributed by atoms with E-state index in [0.717, 1.165) is 50.3 Å². The van der Waals surface area contributed by atoms with Gasteiger partial charge < -0.3 is 10.4 Å². The number of nitrogens with one attached hydrogen (secondary N) is 1. The number of rotatable bonds is 9. The van der Waals surface area contributed by atoms with Gasteiger partial charge in [-0.25, -0.2) is 9.67 Å². The van der Waals surface area contributed by atoms with Crippen molar-refractivity contribution in [3.05, 3.63) is 11.6 Å². The molecule has 110 valence electrons. The van der Waals surface area contributed by atoms with Crippen LogP contribution in [-0.4, -0.2) is 39.1 Å². The molecule has 0 saturated heterocycles. The van der Waals surface area contributed by atoms with Gasteiger partial charge >= 0.3 is 0 Å². The largest absolute Gasteiger partial charge is 0.394 e. The van der Waals surface area contributed by atoms with Crippen LogP contribution in [0.5, 0.6) is 0 Å². The number of aromatic nitrogens is 3. The van der Waals surface area contributed by atoms with Crippen LogP contribution in [0.4, 0.5) is 0 Å². The Kier molecular flexibility index (Phi) is 6.45. The van der Waals surface area contributed by atoms with Crippen molar-refractivity contribution < 1.29 is 5.11 Å². The van der Waals surface area contributed by atoms with Crippen molar-refractivity contribution >= 4 is 0 Å². The van der Waals surface area contributed by atoms with E-state index in [4.69, 9.17) is 0 Å². The molecule has 5 nitrogen and oxygen atoms in total. The van der Waals surface area contributed by atoms with Gasteiger partial charge in [-0.2, -0.15) is 5.10 Å². The van der Waals surface area contributed by atoms with Crippen LogP contribution >= 0.6 is 0 Å². The first-order chi connectivity index (χ1) is 9.14. The van der Waals surface area contributed by atoms with E-state index in [1.54, 1.807) is 0 Å². The number of likely N-dealkylation sites (N-methyl/N-ethyl adjacent to an activating group) is 1. The molecule has 1 aromatic rings. The van der Waals surface area contributed by atoms with Crippen LogP contribution in [0.2, 0.25) is 0 Å². The molecule has 1 heterocycles. The van der Waals surface area contributed by atoms with Gasteiger partial charge in [0.2, 0.25) is 0 Å². The molecule has 0 bridgehead atoms. The Labute approximate surface area is 116 Å². The molecule has 0 spiro atoms. The predicted molar refractivity (Wildman–Crippen MR) is 77.2 cm³/mol. The third-order valence-corrected chi connectivity index (χ3v) is 3.96. The highest BCUT2D eigenvalue weighted by molar-refractivity contribution is 4.93. The van der Waals surface area contributed by atoms with Crippen molar-refractivity contribution in [1.29, 1.82) is 0 Å². The first-order valence-electron chi connectivity index (χ1n) is 7.37. The summed E-state index contributed by atoms with van der Waals surface area (Å²) in [7, 11) is 1.92. The summed E-state index contributed by atoms with van der Waals surface area (Å²) in [6.45, 7) is 7.35. The van der Waals surface area contributed by atoms with E-state index < -0.39 is 0 Å². The maximum absolute atomic E-state index is 9.52. The smallest absolute Gasteiger partial charge is 0.150 e. The molecule has 0 aliphatic heterocycles. The Morgan fingerprint density at radius 3 is 2.47 bits per heavy atom. The van der Waals surface area contributed by atoms with Gasteiger partial charge in [-0.15, -0.1) is 0 Å². The third-order valence-electron chi connectivity index (χ3n) is 3.96. The number of aliphatic hydroxyl groups is 1. The summed E-state index contributed by atoms with van der Waals surface area (Å²) in [6, 6.07) is 0. The van der Waals surface area contributed by atoms with Crippen molar-refractivity contribution in [3.63, 3.8) is 0 Å². The summed E-state index contributed by atoms with van der Waals surface area (Å²) in [6.07, 6.45) is 4.66. The molecule has 1 rings (SSSR count). The van der Waals surface area contributed by atoms with Crippen LogP contribution in [0.1, 0.15) is 51.7 Å². The maximum atomic E-state index is 9.52. The lowest BCUT2D eigenvalue weighted by atomic mass is 9.91. The second kappa shape index (κ2) is 7.60. The Morgan fingerprint density at radius 1 is 1.26 bits per heavy atom.